The van der Waals surface area contributed by atoms with Crippen molar-refractivity contribution in [3.8, 4) is 22.1 Å². The summed E-state index contributed by atoms with van der Waals surface area (Å²) in [5.41, 5.74) is 1.39. The van der Waals surface area contributed by atoms with Gasteiger partial charge in [0.15, 0.2) is 11.5 Å². The largest absolute Gasteiger partial charge is 0.493 e. The number of nitrogens with zero attached hydrogens (tertiary/aromatic N) is 2. The first-order chi connectivity index (χ1) is 15.5. The quantitative estimate of drug-likeness (QED) is 0.342. The number of rotatable bonds is 8. The maximum absolute atomic E-state index is 12.5. The second-order valence-corrected chi connectivity index (χ2v) is 8.44. The summed E-state index contributed by atoms with van der Waals surface area (Å²) < 4.78 is 16.1. The molecule has 0 bridgehead atoms. The van der Waals surface area contributed by atoms with Crippen molar-refractivity contribution >= 4 is 29.1 Å². The lowest BCUT2D eigenvalue weighted by atomic mass is 9.85. The van der Waals surface area contributed by atoms with Gasteiger partial charge in [0.05, 0.1) is 43.7 Å². The molecule has 2 atom stereocenters. The number of carbonyl (C=O) groups is 3. The number of hydrogen-bond acceptors (Lipinski definition) is 8. The number of amides is 2. The maximum Gasteiger partial charge on any atom is 0.307 e. The summed E-state index contributed by atoms with van der Waals surface area (Å²) in [6.07, 6.45) is 5.01. The standard InChI is InChI=1S/C23H24N2O6S/c1-29-18-9-5-8-17(20(18)30-2)21-24-14(13-32-21)12-31-19(26)10-11-25-22(27)15-6-3-4-7-16(15)23(25)28/h3-5,8-9,13,15-16H,6-7,10-12H2,1-2H3/t15-,16+. The van der Waals surface area contributed by atoms with Crippen molar-refractivity contribution in [2.45, 2.75) is 25.9 Å². The predicted molar refractivity (Wildman–Crippen MR) is 117 cm³/mol. The van der Waals surface area contributed by atoms with Crippen molar-refractivity contribution in [3.63, 3.8) is 0 Å². The number of para-hydroxylation sites is 1. The van der Waals surface area contributed by atoms with Gasteiger partial charge in [0, 0.05) is 11.9 Å². The summed E-state index contributed by atoms with van der Waals surface area (Å²) in [7, 11) is 3.14. The number of carbonyl (C=O) groups excluding carboxylic acids is 3. The van der Waals surface area contributed by atoms with E-state index in [-0.39, 0.29) is 43.2 Å². The molecule has 1 aromatic carbocycles. The zero-order valence-electron chi connectivity index (χ0n) is 17.9. The Morgan fingerprint density at radius 2 is 1.84 bits per heavy atom. The minimum Gasteiger partial charge on any atom is -0.493 e. The number of thiazole rings is 1. The van der Waals surface area contributed by atoms with Crippen LogP contribution in [0.15, 0.2) is 35.7 Å². The average Bonchev–Trinajstić information content (AvgIpc) is 3.39. The minimum absolute atomic E-state index is 0.0126. The van der Waals surface area contributed by atoms with Crippen molar-refractivity contribution in [2.24, 2.45) is 11.8 Å². The van der Waals surface area contributed by atoms with Crippen LogP contribution in [0, 0.1) is 11.8 Å². The van der Waals surface area contributed by atoms with Gasteiger partial charge in [0.2, 0.25) is 11.8 Å². The molecule has 0 unspecified atom stereocenters. The summed E-state index contributed by atoms with van der Waals surface area (Å²) in [6, 6.07) is 5.54. The molecule has 168 valence electrons. The second-order valence-electron chi connectivity index (χ2n) is 7.58. The highest BCUT2D eigenvalue weighted by Crippen LogP contribution is 2.39. The molecule has 2 aliphatic rings. The highest BCUT2D eigenvalue weighted by atomic mass is 32.1. The number of ether oxygens (including phenoxy) is 3. The molecule has 2 amide bonds. The average molecular weight is 457 g/mol. The van der Waals surface area contributed by atoms with Gasteiger partial charge in [0.25, 0.3) is 0 Å². The van der Waals surface area contributed by atoms with Crippen molar-refractivity contribution in [1.82, 2.24) is 9.88 Å². The minimum atomic E-state index is -0.480. The molecule has 2 heterocycles. The van der Waals surface area contributed by atoms with Gasteiger partial charge in [-0.3, -0.25) is 19.3 Å². The van der Waals surface area contributed by atoms with Crippen LogP contribution in [0.5, 0.6) is 11.5 Å². The third-order valence-corrected chi connectivity index (χ3v) is 6.63. The van der Waals surface area contributed by atoms with Gasteiger partial charge in [-0.15, -0.1) is 11.3 Å². The number of benzene rings is 1. The van der Waals surface area contributed by atoms with Crippen LogP contribution >= 0.6 is 11.3 Å². The molecule has 9 heteroatoms. The number of aromatic nitrogens is 1. The van der Waals surface area contributed by atoms with Gasteiger partial charge in [-0.1, -0.05) is 18.2 Å². The number of esters is 1. The van der Waals surface area contributed by atoms with E-state index < -0.39 is 5.97 Å². The van der Waals surface area contributed by atoms with E-state index in [1.165, 1.54) is 16.2 Å². The molecule has 32 heavy (non-hydrogen) atoms. The SMILES string of the molecule is COc1cccc(-c2nc(COC(=O)CCN3C(=O)[C@H]4CC=CC[C@H]4C3=O)cs2)c1OC. The van der Waals surface area contributed by atoms with Crippen LogP contribution < -0.4 is 9.47 Å². The first-order valence-corrected chi connectivity index (χ1v) is 11.2. The molecular formula is C23H24N2O6S. The first kappa shape index (κ1) is 22.0. The van der Waals surface area contributed by atoms with Crippen LogP contribution in [0.4, 0.5) is 0 Å². The van der Waals surface area contributed by atoms with Crippen molar-refractivity contribution in [2.75, 3.05) is 20.8 Å². The van der Waals surface area contributed by atoms with Crippen LogP contribution in [0.25, 0.3) is 10.6 Å². The van der Waals surface area contributed by atoms with E-state index in [1.54, 1.807) is 20.3 Å². The molecular weight excluding hydrogens is 432 g/mol. The lowest BCUT2D eigenvalue weighted by molar-refractivity contribution is -0.146. The van der Waals surface area contributed by atoms with E-state index in [1.807, 2.05) is 29.7 Å². The molecule has 0 saturated carbocycles. The number of hydrogen-bond donors (Lipinski definition) is 0. The maximum atomic E-state index is 12.5. The zero-order valence-corrected chi connectivity index (χ0v) is 18.7. The third-order valence-electron chi connectivity index (χ3n) is 5.70. The molecule has 2 aromatic rings. The van der Waals surface area contributed by atoms with E-state index in [9.17, 15) is 14.4 Å². The Labute approximate surface area is 189 Å². The van der Waals surface area contributed by atoms with Crippen LogP contribution in [0.1, 0.15) is 25.0 Å². The monoisotopic (exact) mass is 456 g/mol. The van der Waals surface area contributed by atoms with Crippen LogP contribution in [0.2, 0.25) is 0 Å². The molecule has 1 aromatic heterocycles. The third kappa shape index (κ3) is 4.25. The predicted octanol–water partition coefficient (Wildman–Crippen LogP) is 3.21. The summed E-state index contributed by atoms with van der Waals surface area (Å²) in [5.74, 6) is -0.233. The second kappa shape index (κ2) is 9.52. The molecule has 1 aliphatic heterocycles. The highest BCUT2D eigenvalue weighted by molar-refractivity contribution is 7.13. The fraction of sp³-hybridized carbons (Fsp3) is 0.391. The highest BCUT2D eigenvalue weighted by Gasteiger charge is 2.46. The fourth-order valence-corrected chi connectivity index (χ4v) is 4.90. The Balaban J connectivity index is 1.32. The van der Waals surface area contributed by atoms with Gasteiger partial charge >= 0.3 is 5.97 Å². The summed E-state index contributed by atoms with van der Waals surface area (Å²) in [6.45, 7) is 0.0610. The Morgan fingerprint density at radius 3 is 2.50 bits per heavy atom. The molecule has 1 saturated heterocycles. The summed E-state index contributed by atoms with van der Waals surface area (Å²) in [5, 5.41) is 2.53. The van der Waals surface area contributed by atoms with Gasteiger partial charge in [-0.25, -0.2) is 4.98 Å². The lowest BCUT2D eigenvalue weighted by Gasteiger charge is -2.14. The number of methoxy groups -OCH3 is 2. The van der Waals surface area contributed by atoms with Crippen molar-refractivity contribution in [1.29, 1.82) is 0 Å². The molecule has 0 radical (unpaired) electrons. The molecule has 0 spiro atoms. The van der Waals surface area contributed by atoms with Gasteiger partial charge in [0.1, 0.15) is 11.6 Å². The number of imide groups is 1. The number of allylic oxidation sites excluding steroid dienone is 2. The summed E-state index contributed by atoms with van der Waals surface area (Å²) in [4.78, 5) is 42.9. The topological polar surface area (TPSA) is 95.0 Å². The van der Waals surface area contributed by atoms with E-state index in [0.29, 0.717) is 30.0 Å². The lowest BCUT2D eigenvalue weighted by Crippen LogP contribution is -2.33. The molecule has 8 nitrogen and oxygen atoms in total. The fourth-order valence-electron chi connectivity index (χ4n) is 4.07. The van der Waals surface area contributed by atoms with Crippen LogP contribution in [-0.2, 0) is 25.7 Å². The Morgan fingerprint density at radius 1 is 1.12 bits per heavy atom. The van der Waals surface area contributed by atoms with E-state index in [0.717, 1.165) is 10.6 Å². The first-order valence-electron chi connectivity index (χ1n) is 10.3. The molecule has 1 aliphatic carbocycles. The van der Waals surface area contributed by atoms with E-state index in [4.69, 9.17) is 14.2 Å². The Hall–Kier alpha value is -3.20. The number of likely N-dealkylation sites (tertiary alicyclic amines) is 1. The van der Waals surface area contributed by atoms with Crippen molar-refractivity contribution in [3.05, 3.63) is 41.4 Å². The smallest absolute Gasteiger partial charge is 0.307 e. The van der Waals surface area contributed by atoms with Gasteiger partial charge in [-0.2, -0.15) is 0 Å². The zero-order chi connectivity index (χ0) is 22.7. The van der Waals surface area contributed by atoms with E-state index in [2.05, 4.69) is 4.98 Å². The Kier molecular flexibility index (Phi) is 6.55. The normalized spacial score (nSPS) is 19.8. The van der Waals surface area contributed by atoms with Crippen LogP contribution in [0.3, 0.4) is 0 Å². The number of fused-ring (bicyclic) bond motifs is 1. The van der Waals surface area contributed by atoms with Gasteiger partial charge < -0.3 is 14.2 Å². The van der Waals surface area contributed by atoms with E-state index >= 15 is 0 Å². The molecule has 0 N–H and O–H groups in total. The molecule has 4 rings (SSSR count). The molecule has 1 fully saturated rings. The van der Waals surface area contributed by atoms with Crippen LogP contribution in [-0.4, -0.2) is 48.4 Å². The summed E-state index contributed by atoms with van der Waals surface area (Å²) >= 11 is 1.41. The van der Waals surface area contributed by atoms with Gasteiger partial charge in [-0.05, 0) is 25.0 Å². The van der Waals surface area contributed by atoms with Crippen molar-refractivity contribution < 1.29 is 28.6 Å². The Bertz CT molecular complexity index is 1040.